The molecule has 0 aliphatic carbocycles. The van der Waals surface area contributed by atoms with Gasteiger partial charge in [-0.2, -0.15) is 0 Å². The number of likely N-dealkylation sites (tertiary alicyclic amines) is 1. The van der Waals surface area contributed by atoms with Gasteiger partial charge in [0.2, 0.25) is 0 Å². The van der Waals surface area contributed by atoms with Crippen molar-refractivity contribution in [3.63, 3.8) is 0 Å². The van der Waals surface area contributed by atoms with Crippen molar-refractivity contribution in [3.8, 4) is 11.3 Å². The van der Waals surface area contributed by atoms with E-state index < -0.39 is 0 Å². The second-order valence-corrected chi connectivity index (χ2v) is 6.84. The van der Waals surface area contributed by atoms with E-state index in [-0.39, 0.29) is 11.9 Å². The number of nitrogens with zero attached hydrogens (tertiary/aromatic N) is 3. The Balaban J connectivity index is 1.71. The van der Waals surface area contributed by atoms with Crippen LogP contribution in [0.4, 0.5) is 5.82 Å². The molecule has 1 N–H and O–H groups in total. The molecule has 27 heavy (non-hydrogen) atoms. The predicted octanol–water partition coefficient (Wildman–Crippen LogP) is 3.61. The van der Waals surface area contributed by atoms with Crippen LogP contribution in [-0.2, 0) is 4.74 Å². The van der Waals surface area contributed by atoms with Gasteiger partial charge in [-0.05, 0) is 56.9 Å². The van der Waals surface area contributed by atoms with Crippen LogP contribution >= 0.6 is 0 Å². The average molecular weight is 368 g/mol. The van der Waals surface area contributed by atoms with Crippen LogP contribution in [0.5, 0.6) is 0 Å². The Morgan fingerprint density at radius 1 is 1.19 bits per heavy atom. The number of hydrogen-bond acceptors (Lipinski definition) is 5. The second kappa shape index (κ2) is 9.46. The lowest BCUT2D eigenvalue weighted by atomic mass is 9.98. The monoisotopic (exact) mass is 368 g/mol. The van der Waals surface area contributed by atoms with Crippen LogP contribution in [0.1, 0.15) is 43.0 Å². The summed E-state index contributed by atoms with van der Waals surface area (Å²) < 4.78 is 5.21. The maximum Gasteiger partial charge on any atom is 0.254 e. The highest BCUT2D eigenvalue weighted by Gasteiger charge is 2.27. The highest BCUT2D eigenvalue weighted by atomic mass is 16.5. The molecule has 0 unspecified atom stereocenters. The minimum Gasteiger partial charge on any atom is -0.385 e. The molecule has 3 rings (SSSR count). The van der Waals surface area contributed by atoms with Crippen molar-refractivity contribution in [2.75, 3.05) is 32.1 Å². The summed E-state index contributed by atoms with van der Waals surface area (Å²) in [5.41, 5.74) is 2.48. The SMILES string of the molecule is CCNc1ccc(-c2ccc(C(=O)N3CCCC[C@@H]3CCOC)cc2)nn1. The Labute approximate surface area is 160 Å². The van der Waals surface area contributed by atoms with Crippen LogP contribution in [-0.4, -0.2) is 53.9 Å². The maximum atomic E-state index is 13.0. The van der Waals surface area contributed by atoms with Gasteiger partial charge in [-0.1, -0.05) is 12.1 Å². The summed E-state index contributed by atoms with van der Waals surface area (Å²) in [5, 5.41) is 11.6. The first-order valence-electron chi connectivity index (χ1n) is 9.71. The third-order valence-corrected chi connectivity index (χ3v) is 4.99. The van der Waals surface area contributed by atoms with E-state index in [2.05, 4.69) is 15.5 Å². The number of hydrogen-bond donors (Lipinski definition) is 1. The topological polar surface area (TPSA) is 67.4 Å². The van der Waals surface area contributed by atoms with Crippen LogP contribution in [0, 0.1) is 0 Å². The van der Waals surface area contributed by atoms with E-state index >= 15 is 0 Å². The van der Waals surface area contributed by atoms with Crippen LogP contribution < -0.4 is 5.32 Å². The van der Waals surface area contributed by atoms with Gasteiger partial charge in [-0.25, -0.2) is 0 Å². The van der Waals surface area contributed by atoms with E-state index in [4.69, 9.17) is 4.74 Å². The van der Waals surface area contributed by atoms with Gasteiger partial charge in [0.1, 0.15) is 5.82 Å². The lowest BCUT2D eigenvalue weighted by molar-refractivity contribution is 0.0553. The number of nitrogens with one attached hydrogen (secondary N) is 1. The van der Waals surface area contributed by atoms with Crippen molar-refractivity contribution >= 4 is 11.7 Å². The molecule has 0 radical (unpaired) electrons. The van der Waals surface area contributed by atoms with Crippen molar-refractivity contribution in [3.05, 3.63) is 42.0 Å². The molecule has 1 aliphatic heterocycles. The summed E-state index contributed by atoms with van der Waals surface area (Å²) in [6.07, 6.45) is 4.20. The molecule has 2 heterocycles. The summed E-state index contributed by atoms with van der Waals surface area (Å²) in [7, 11) is 1.71. The van der Waals surface area contributed by atoms with Crippen LogP contribution in [0.3, 0.4) is 0 Å². The van der Waals surface area contributed by atoms with Gasteiger partial charge in [0, 0.05) is 44.0 Å². The summed E-state index contributed by atoms with van der Waals surface area (Å²) >= 11 is 0. The van der Waals surface area contributed by atoms with Crippen molar-refractivity contribution < 1.29 is 9.53 Å². The molecule has 1 aromatic carbocycles. The highest BCUT2D eigenvalue weighted by molar-refractivity contribution is 5.95. The molecule has 6 nitrogen and oxygen atoms in total. The van der Waals surface area contributed by atoms with Gasteiger partial charge in [0.05, 0.1) is 5.69 Å². The Morgan fingerprint density at radius 3 is 2.67 bits per heavy atom. The van der Waals surface area contributed by atoms with Gasteiger partial charge in [0.25, 0.3) is 5.91 Å². The van der Waals surface area contributed by atoms with E-state index in [1.54, 1.807) is 7.11 Å². The second-order valence-electron chi connectivity index (χ2n) is 6.84. The molecule has 6 heteroatoms. The number of piperidine rings is 1. The number of aromatic nitrogens is 2. The fourth-order valence-corrected chi connectivity index (χ4v) is 3.53. The van der Waals surface area contributed by atoms with E-state index in [0.29, 0.717) is 6.61 Å². The molecule has 1 saturated heterocycles. The largest absolute Gasteiger partial charge is 0.385 e. The van der Waals surface area contributed by atoms with Crippen LogP contribution in [0.2, 0.25) is 0 Å². The van der Waals surface area contributed by atoms with Crippen LogP contribution in [0.25, 0.3) is 11.3 Å². The number of anilines is 1. The van der Waals surface area contributed by atoms with Crippen molar-refractivity contribution in [1.29, 1.82) is 0 Å². The van der Waals surface area contributed by atoms with E-state index in [9.17, 15) is 4.79 Å². The molecule has 1 aliphatic rings. The number of ether oxygens (including phenoxy) is 1. The van der Waals surface area contributed by atoms with Gasteiger partial charge in [-0.15, -0.1) is 10.2 Å². The summed E-state index contributed by atoms with van der Waals surface area (Å²) in [6.45, 7) is 4.35. The predicted molar refractivity (Wildman–Crippen MR) is 107 cm³/mol. The zero-order valence-corrected chi connectivity index (χ0v) is 16.1. The zero-order valence-electron chi connectivity index (χ0n) is 16.1. The smallest absolute Gasteiger partial charge is 0.254 e. The molecular formula is C21H28N4O2. The lowest BCUT2D eigenvalue weighted by Gasteiger charge is -2.36. The molecule has 0 saturated carbocycles. The Hall–Kier alpha value is -2.47. The fourth-order valence-electron chi connectivity index (χ4n) is 3.53. The first kappa shape index (κ1) is 19.3. The molecule has 0 spiro atoms. The number of rotatable bonds is 7. The first-order chi connectivity index (χ1) is 13.2. The van der Waals surface area contributed by atoms with E-state index in [1.165, 1.54) is 6.42 Å². The minimum atomic E-state index is 0.107. The fraction of sp³-hybridized carbons (Fsp3) is 0.476. The molecule has 0 bridgehead atoms. The Kier molecular flexibility index (Phi) is 6.76. The number of carbonyl (C=O) groups is 1. The van der Waals surface area contributed by atoms with Gasteiger partial charge >= 0.3 is 0 Å². The molecule has 1 aromatic heterocycles. The normalized spacial score (nSPS) is 17.0. The Bertz CT molecular complexity index is 731. The number of amides is 1. The van der Waals surface area contributed by atoms with E-state index in [1.807, 2.05) is 48.2 Å². The molecule has 1 atom stereocenters. The number of methoxy groups -OCH3 is 1. The van der Waals surface area contributed by atoms with Crippen molar-refractivity contribution in [1.82, 2.24) is 15.1 Å². The van der Waals surface area contributed by atoms with E-state index in [0.717, 1.165) is 55.0 Å². The number of carbonyl (C=O) groups excluding carboxylic acids is 1. The average Bonchev–Trinajstić information content (AvgIpc) is 2.73. The summed E-state index contributed by atoms with van der Waals surface area (Å²) in [4.78, 5) is 15.0. The zero-order chi connectivity index (χ0) is 19.1. The standard InChI is InChI=1S/C21H28N4O2/c1-3-22-20-12-11-19(23-24-20)16-7-9-17(10-8-16)21(26)25-14-5-4-6-18(25)13-15-27-2/h7-12,18H,3-6,13-15H2,1-2H3,(H,22,24)/t18-/m1/s1. The molecule has 1 fully saturated rings. The minimum absolute atomic E-state index is 0.107. The third-order valence-electron chi connectivity index (χ3n) is 4.99. The lowest BCUT2D eigenvalue weighted by Crippen LogP contribution is -2.44. The quantitative estimate of drug-likeness (QED) is 0.809. The summed E-state index contributed by atoms with van der Waals surface area (Å²) in [6, 6.07) is 11.8. The molecule has 1 amide bonds. The molecular weight excluding hydrogens is 340 g/mol. The Morgan fingerprint density at radius 2 is 2.00 bits per heavy atom. The first-order valence-corrected chi connectivity index (χ1v) is 9.71. The van der Waals surface area contributed by atoms with Crippen molar-refractivity contribution in [2.24, 2.45) is 0 Å². The molecule has 2 aromatic rings. The number of benzene rings is 1. The summed E-state index contributed by atoms with van der Waals surface area (Å²) in [5.74, 6) is 0.871. The molecule has 144 valence electrons. The third kappa shape index (κ3) is 4.83. The maximum absolute atomic E-state index is 13.0. The highest BCUT2D eigenvalue weighted by Crippen LogP contribution is 2.24. The van der Waals surface area contributed by atoms with Crippen molar-refractivity contribution in [2.45, 2.75) is 38.6 Å². The van der Waals surface area contributed by atoms with Gasteiger partial charge in [-0.3, -0.25) is 4.79 Å². The van der Waals surface area contributed by atoms with Gasteiger partial charge < -0.3 is 15.0 Å². The van der Waals surface area contributed by atoms with Crippen LogP contribution in [0.15, 0.2) is 36.4 Å². The van der Waals surface area contributed by atoms with Gasteiger partial charge in [0.15, 0.2) is 0 Å².